The summed E-state index contributed by atoms with van der Waals surface area (Å²) >= 11 is 2.75. The number of thiophene rings is 1. The van der Waals surface area contributed by atoms with Crippen molar-refractivity contribution in [2.24, 2.45) is 0 Å². The van der Waals surface area contributed by atoms with Gasteiger partial charge in [-0.1, -0.05) is 30.8 Å². The highest BCUT2D eigenvalue weighted by atomic mass is 32.2. The van der Waals surface area contributed by atoms with E-state index < -0.39 is 0 Å². The maximum atomic E-state index is 12.8. The minimum atomic E-state index is -0.317. The third kappa shape index (κ3) is 4.94. The summed E-state index contributed by atoms with van der Waals surface area (Å²) in [5.74, 6) is 0.604. The molecule has 0 spiro atoms. The molecular weight excluding hydrogens is 404 g/mol. The largest absolute Gasteiger partial charge is 0.497 e. The maximum Gasteiger partial charge on any atom is 0.238 e. The first-order chi connectivity index (χ1) is 14.0. The molecule has 0 fully saturated rings. The van der Waals surface area contributed by atoms with Crippen LogP contribution in [0.1, 0.15) is 24.6 Å². The second-order valence-electron chi connectivity index (χ2n) is 6.20. The van der Waals surface area contributed by atoms with E-state index in [1.54, 1.807) is 7.11 Å². The molecule has 0 aliphatic carbocycles. The molecule has 0 saturated heterocycles. The van der Waals surface area contributed by atoms with Crippen molar-refractivity contribution in [1.29, 1.82) is 5.26 Å². The van der Waals surface area contributed by atoms with Crippen molar-refractivity contribution >= 4 is 34.0 Å². The number of nitrogens with zero attached hydrogens (tertiary/aromatic N) is 3. The van der Waals surface area contributed by atoms with Crippen LogP contribution < -0.4 is 10.1 Å². The fourth-order valence-corrected chi connectivity index (χ4v) is 4.59. The normalized spacial score (nSPS) is 11.5. The molecule has 1 unspecified atom stereocenters. The molecule has 0 saturated carbocycles. The van der Waals surface area contributed by atoms with Crippen molar-refractivity contribution in [2.75, 3.05) is 12.4 Å². The predicted molar refractivity (Wildman–Crippen MR) is 116 cm³/mol. The number of ether oxygens (including phenoxy) is 1. The van der Waals surface area contributed by atoms with Gasteiger partial charge in [-0.2, -0.15) is 5.26 Å². The Labute approximate surface area is 178 Å². The lowest BCUT2D eigenvalue weighted by Crippen LogP contribution is -2.24. The summed E-state index contributed by atoms with van der Waals surface area (Å²) < 4.78 is 5.18. The van der Waals surface area contributed by atoms with Crippen molar-refractivity contribution in [3.63, 3.8) is 0 Å². The van der Waals surface area contributed by atoms with Crippen LogP contribution in [-0.2, 0) is 4.79 Å². The number of carbonyl (C=O) groups is 1. The van der Waals surface area contributed by atoms with Crippen LogP contribution in [0, 0.1) is 18.3 Å². The number of hydrogen-bond acceptors (Lipinski definition) is 7. The van der Waals surface area contributed by atoms with Crippen molar-refractivity contribution in [1.82, 2.24) is 9.97 Å². The zero-order valence-electron chi connectivity index (χ0n) is 16.3. The third-order valence-corrected chi connectivity index (χ3v) is 6.44. The second-order valence-corrected chi connectivity index (χ2v) is 8.30. The zero-order chi connectivity index (χ0) is 20.8. The van der Waals surface area contributed by atoms with Crippen LogP contribution in [0.2, 0.25) is 0 Å². The molecule has 1 aromatic carbocycles. The summed E-state index contributed by atoms with van der Waals surface area (Å²) in [4.78, 5) is 21.1. The lowest BCUT2D eigenvalue weighted by atomic mass is 10.0. The molecule has 1 atom stereocenters. The highest BCUT2D eigenvalue weighted by molar-refractivity contribution is 8.00. The SMILES string of the molecule is CCC(Sc1cc(C)ncn1)C(=O)Nc1scc(-c2ccc(OC)cc2)c1C#N. The number of hydrogen-bond donors (Lipinski definition) is 1. The van der Waals surface area contributed by atoms with Crippen LogP contribution in [0.25, 0.3) is 11.1 Å². The number of methoxy groups -OCH3 is 1. The highest BCUT2D eigenvalue weighted by Crippen LogP contribution is 2.36. The Morgan fingerprint density at radius 1 is 1.34 bits per heavy atom. The van der Waals surface area contributed by atoms with Crippen molar-refractivity contribution in [2.45, 2.75) is 30.5 Å². The molecule has 1 amide bonds. The molecule has 29 heavy (non-hydrogen) atoms. The molecular formula is C21H20N4O2S2. The van der Waals surface area contributed by atoms with Gasteiger partial charge in [0, 0.05) is 16.6 Å². The van der Waals surface area contributed by atoms with E-state index >= 15 is 0 Å². The van der Waals surface area contributed by atoms with Gasteiger partial charge in [0.1, 0.15) is 28.2 Å². The number of aromatic nitrogens is 2. The molecule has 0 bridgehead atoms. The fraction of sp³-hybridized carbons (Fsp3) is 0.238. The van der Waals surface area contributed by atoms with Gasteiger partial charge in [-0.05, 0) is 37.1 Å². The standard InChI is InChI=1S/C21H20N4O2S2/c1-4-18(29-19-9-13(2)23-12-24-19)20(26)25-21-16(10-22)17(11-28-21)14-5-7-15(27-3)8-6-14/h5-9,11-12,18H,4H2,1-3H3,(H,25,26). The highest BCUT2D eigenvalue weighted by Gasteiger charge is 2.22. The van der Waals surface area contributed by atoms with E-state index in [9.17, 15) is 10.1 Å². The number of nitrogens with one attached hydrogen (secondary N) is 1. The quantitative estimate of drug-likeness (QED) is 0.429. The summed E-state index contributed by atoms with van der Waals surface area (Å²) in [6, 6.07) is 11.6. The molecule has 3 rings (SSSR count). The topological polar surface area (TPSA) is 87.9 Å². The maximum absolute atomic E-state index is 12.8. The molecule has 0 aliphatic heterocycles. The number of anilines is 1. The molecule has 8 heteroatoms. The van der Waals surface area contributed by atoms with Gasteiger partial charge in [-0.15, -0.1) is 11.3 Å². The van der Waals surface area contributed by atoms with Gasteiger partial charge >= 0.3 is 0 Å². The summed E-state index contributed by atoms with van der Waals surface area (Å²) in [7, 11) is 1.61. The van der Waals surface area contributed by atoms with Crippen LogP contribution in [0.5, 0.6) is 5.75 Å². The minimum absolute atomic E-state index is 0.145. The summed E-state index contributed by atoms with van der Waals surface area (Å²) in [5.41, 5.74) is 3.01. The van der Waals surface area contributed by atoms with Gasteiger partial charge in [0.2, 0.25) is 5.91 Å². The Morgan fingerprint density at radius 2 is 2.10 bits per heavy atom. The lowest BCUT2D eigenvalue weighted by molar-refractivity contribution is -0.115. The summed E-state index contributed by atoms with van der Waals surface area (Å²) in [6.07, 6.45) is 2.13. The average molecular weight is 425 g/mol. The van der Waals surface area contributed by atoms with E-state index in [-0.39, 0.29) is 11.2 Å². The van der Waals surface area contributed by atoms with Gasteiger partial charge in [0.25, 0.3) is 0 Å². The lowest BCUT2D eigenvalue weighted by Gasteiger charge is -2.14. The first-order valence-corrected chi connectivity index (χ1v) is 10.7. The van der Waals surface area contributed by atoms with Crippen LogP contribution >= 0.6 is 23.1 Å². The predicted octanol–water partition coefficient (Wildman–Crippen LogP) is 4.90. The molecule has 1 N–H and O–H groups in total. The van der Waals surface area contributed by atoms with Gasteiger partial charge in [0.15, 0.2) is 0 Å². The van der Waals surface area contributed by atoms with E-state index in [0.29, 0.717) is 17.0 Å². The van der Waals surface area contributed by atoms with Gasteiger partial charge in [-0.25, -0.2) is 9.97 Å². The summed E-state index contributed by atoms with van der Waals surface area (Å²) in [6.45, 7) is 3.84. The van der Waals surface area contributed by atoms with Crippen LogP contribution in [0.4, 0.5) is 5.00 Å². The third-order valence-electron chi connectivity index (χ3n) is 4.25. The van der Waals surface area contributed by atoms with Gasteiger partial charge < -0.3 is 10.1 Å². The number of benzene rings is 1. The Morgan fingerprint density at radius 3 is 2.72 bits per heavy atom. The molecule has 3 aromatic rings. The van der Waals surface area contributed by atoms with E-state index in [4.69, 9.17) is 4.74 Å². The van der Waals surface area contributed by atoms with Crippen LogP contribution in [0.3, 0.4) is 0 Å². The van der Waals surface area contributed by atoms with Crippen LogP contribution in [-0.4, -0.2) is 28.2 Å². The average Bonchev–Trinajstić information content (AvgIpc) is 3.14. The number of carbonyl (C=O) groups excluding carboxylic acids is 1. The van der Waals surface area contributed by atoms with E-state index in [1.165, 1.54) is 29.4 Å². The van der Waals surface area contributed by atoms with Crippen LogP contribution in [0.15, 0.2) is 47.1 Å². The first-order valence-electron chi connectivity index (χ1n) is 8.97. The molecule has 6 nitrogen and oxygen atoms in total. The van der Waals surface area contributed by atoms with E-state index in [1.807, 2.05) is 49.6 Å². The molecule has 0 radical (unpaired) electrons. The number of aryl methyl sites for hydroxylation is 1. The monoisotopic (exact) mass is 424 g/mol. The van der Waals surface area contributed by atoms with E-state index in [0.717, 1.165) is 27.6 Å². The number of nitriles is 1. The zero-order valence-corrected chi connectivity index (χ0v) is 17.9. The molecule has 2 heterocycles. The number of rotatable bonds is 7. The van der Waals surface area contributed by atoms with Crippen molar-refractivity contribution in [3.8, 4) is 22.9 Å². The number of amides is 1. The smallest absolute Gasteiger partial charge is 0.238 e. The molecule has 2 aromatic heterocycles. The van der Waals surface area contributed by atoms with Crippen molar-refractivity contribution in [3.05, 3.63) is 53.3 Å². The minimum Gasteiger partial charge on any atom is -0.497 e. The summed E-state index contributed by atoms with van der Waals surface area (Å²) in [5, 5.41) is 15.5. The van der Waals surface area contributed by atoms with E-state index in [2.05, 4.69) is 21.4 Å². The Bertz CT molecular complexity index is 1040. The Kier molecular flexibility index (Phi) is 6.86. The molecule has 0 aliphatic rings. The Hall–Kier alpha value is -2.89. The number of thioether (sulfide) groups is 1. The first kappa shape index (κ1) is 20.8. The molecule has 148 valence electrons. The fourth-order valence-electron chi connectivity index (χ4n) is 2.70. The second kappa shape index (κ2) is 9.54. The Balaban J connectivity index is 1.79. The van der Waals surface area contributed by atoms with Gasteiger partial charge in [-0.3, -0.25) is 4.79 Å². The van der Waals surface area contributed by atoms with Crippen molar-refractivity contribution < 1.29 is 9.53 Å². The van der Waals surface area contributed by atoms with Gasteiger partial charge in [0.05, 0.1) is 17.9 Å².